The number of nitrogens with one attached hydrogen (secondary N) is 1. The van der Waals surface area contributed by atoms with E-state index in [1.54, 1.807) is 13.3 Å². The van der Waals surface area contributed by atoms with Crippen LogP contribution >= 0.6 is 0 Å². The van der Waals surface area contributed by atoms with Crippen molar-refractivity contribution in [2.24, 2.45) is 0 Å². The molecule has 0 bridgehead atoms. The standard InChI is InChI=1S/C12H21N3O/c1-4-12(16-3)11(14-2)7-9-8-15-6-5-10(9)13/h5-6,8,11-12,14H,4,7H2,1-3H3,(H2,13,15). The van der Waals surface area contributed by atoms with Gasteiger partial charge in [0.15, 0.2) is 0 Å². The molecule has 0 aliphatic rings. The van der Waals surface area contributed by atoms with Crippen LogP contribution in [0.4, 0.5) is 5.69 Å². The van der Waals surface area contributed by atoms with E-state index >= 15 is 0 Å². The van der Waals surface area contributed by atoms with Crippen LogP contribution in [0.1, 0.15) is 18.9 Å². The van der Waals surface area contributed by atoms with Crippen LogP contribution < -0.4 is 11.1 Å². The van der Waals surface area contributed by atoms with Crippen LogP contribution in [0.2, 0.25) is 0 Å². The predicted octanol–water partition coefficient (Wildman–Crippen LogP) is 1.22. The maximum atomic E-state index is 5.90. The van der Waals surface area contributed by atoms with Crippen LogP contribution in [0.5, 0.6) is 0 Å². The number of anilines is 1. The lowest BCUT2D eigenvalue weighted by Crippen LogP contribution is -2.40. The Morgan fingerprint density at radius 3 is 2.81 bits per heavy atom. The molecule has 0 fully saturated rings. The SMILES string of the molecule is CCC(OC)C(Cc1cnccc1N)NC. The largest absolute Gasteiger partial charge is 0.398 e. The molecule has 1 rings (SSSR count). The Bertz CT molecular complexity index is 313. The van der Waals surface area contributed by atoms with E-state index in [1.807, 2.05) is 19.3 Å². The van der Waals surface area contributed by atoms with Crippen LogP contribution in [0.15, 0.2) is 18.5 Å². The summed E-state index contributed by atoms with van der Waals surface area (Å²) in [7, 11) is 3.68. The Hall–Kier alpha value is -1.13. The summed E-state index contributed by atoms with van der Waals surface area (Å²) < 4.78 is 5.44. The molecule has 0 spiro atoms. The third kappa shape index (κ3) is 3.18. The van der Waals surface area contributed by atoms with Gasteiger partial charge in [-0.1, -0.05) is 6.92 Å². The summed E-state index contributed by atoms with van der Waals surface area (Å²) in [4.78, 5) is 4.10. The van der Waals surface area contributed by atoms with Gasteiger partial charge in [0.05, 0.1) is 6.10 Å². The first-order chi connectivity index (χ1) is 7.72. The fourth-order valence-electron chi connectivity index (χ4n) is 1.88. The normalized spacial score (nSPS) is 14.7. The molecule has 0 aromatic carbocycles. The van der Waals surface area contributed by atoms with E-state index in [2.05, 4.69) is 17.2 Å². The van der Waals surface area contributed by atoms with Gasteiger partial charge < -0.3 is 15.8 Å². The zero-order valence-corrected chi connectivity index (χ0v) is 10.2. The Morgan fingerprint density at radius 1 is 1.56 bits per heavy atom. The molecule has 3 N–H and O–H groups in total. The lowest BCUT2D eigenvalue weighted by Gasteiger charge is -2.25. The van der Waals surface area contributed by atoms with E-state index in [0.29, 0.717) is 0 Å². The molecule has 0 aliphatic carbocycles. The summed E-state index contributed by atoms with van der Waals surface area (Å²) in [6, 6.07) is 2.09. The van der Waals surface area contributed by atoms with E-state index in [9.17, 15) is 0 Å². The second-order valence-electron chi connectivity index (χ2n) is 3.86. The van der Waals surface area contributed by atoms with Gasteiger partial charge in [-0.2, -0.15) is 0 Å². The molecular weight excluding hydrogens is 202 g/mol. The molecular formula is C12H21N3O. The summed E-state index contributed by atoms with van der Waals surface area (Å²) in [6.45, 7) is 2.12. The number of ether oxygens (including phenoxy) is 1. The minimum atomic E-state index is 0.199. The number of methoxy groups -OCH3 is 1. The Balaban J connectivity index is 2.73. The van der Waals surface area contributed by atoms with Gasteiger partial charge in [-0.15, -0.1) is 0 Å². The molecule has 0 aliphatic heterocycles. The van der Waals surface area contributed by atoms with Gasteiger partial charge in [-0.05, 0) is 31.5 Å². The van der Waals surface area contributed by atoms with Gasteiger partial charge in [0.1, 0.15) is 0 Å². The number of aromatic nitrogens is 1. The zero-order chi connectivity index (χ0) is 12.0. The van der Waals surface area contributed by atoms with Gasteiger partial charge in [-0.25, -0.2) is 0 Å². The molecule has 4 heteroatoms. The predicted molar refractivity (Wildman–Crippen MR) is 66.3 cm³/mol. The summed E-state index contributed by atoms with van der Waals surface area (Å²) >= 11 is 0. The average Bonchev–Trinajstić information content (AvgIpc) is 2.31. The first-order valence-electron chi connectivity index (χ1n) is 5.61. The lowest BCUT2D eigenvalue weighted by molar-refractivity contribution is 0.0678. The first kappa shape index (κ1) is 12.9. The highest BCUT2D eigenvalue weighted by atomic mass is 16.5. The zero-order valence-electron chi connectivity index (χ0n) is 10.2. The Labute approximate surface area is 97.2 Å². The molecule has 0 saturated carbocycles. The molecule has 1 aromatic heterocycles. The number of hydrogen-bond donors (Lipinski definition) is 2. The van der Waals surface area contributed by atoms with E-state index in [4.69, 9.17) is 10.5 Å². The highest BCUT2D eigenvalue weighted by Crippen LogP contribution is 2.15. The maximum absolute atomic E-state index is 5.90. The molecule has 1 aromatic rings. The quantitative estimate of drug-likeness (QED) is 0.761. The number of rotatable bonds is 6. The van der Waals surface area contributed by atoms with Crippen LogP contribution in [-0.4, -0.2) is 31.3 Å². The Kier molecular flexibility index (Phi) is 5.22. The van der Waals surface area contributed by atoms with Crippen LogP contribution in [0, 0.1) is 0 Å². The molecule has 90 valence electrons. The second-order valence-corrected chi connectivity index (χ2v) is 3.86. The highest BCUT2D eigenvalue weighted by Gasteiger charge is 2.19. The summed E-state index contributed by atoms with van der Waals surface area (Å²) in [5.41, 5.74) is 7.76. The van der Waals surface area contributed by atoms with Crippen molar-refractivity contribution in [3.63, 3.8) is 0 Å². The number of nitrogens with two attached hydrogens (primary N) is 1. The van der Waals surface area contributed by atoms with Gasteiger partial charge in [-0.3, -0.25) is 4.98 Å². The topological polar surface area (TPSA) is 60.2 Å². The van der Waals surface area contributed by atoms with Gasteiger partial charge in [0, 0.05) is 31.2 Å². The van der Waals surface area contributed by atoms with Crippen molar-refractivity contribution in [2.45, 2.75) is 31.9 Å². The average molecular weight is 223 g/mol. The third-order valence-corrected chi connectivity index (χ3v) is 2.91. The molecule has 2 atom stereocenters. The van der Waals surface area contributed by atoms with E-state index < -0.39 is 0 Å². The lowest BCUT2D eigenvalue weighted by atomic mass is 10.00. The summed E-state index contributed by atoms with van der Waals surface area (Å²) in [6.07, 6.45) is 5.54. The summed E-state index contributed by atoms with van der Waals surface area (Å²) in [5.74, 6) is 0. The molecule has 4 nitrogen and oxygen atoms in total. The van der Waals surface area contributed by atoms with Crippen molar-refractivity contribution in [2.75, 3.05) is 19.9 Å². The molecule has 16 heavy (non-hydrogen) atoms. The van der Waals surface area contributed by atoms with Crippen molar-refractivity contribution in [3.8, 4) is 0 Å². The van der Waals surface area contributed by atoms with Gasteiger partial charge >= 0.3 is 0 Å². The maximum Gasteiger partial charge on any atom is 0.0724 e. The van der Waals surface area contributed by atoms with Gasteiger partial charge in [0.2, 0.25) is 0 Å². The van der Waals surface area contributed by atoms with Crippen molar-refractivity contribution >= 4 is 5.69 Å². The van der Waals surface area contributed by atoms with Crippen molar-refractivity contribution in [3.05, 3.63) is 24.0 Å². The van der Waals surface area contributed by atoms with Crippen LogP contribution in [-0.2, 0) is 11.2 Å². The first-order valence-corrected chi connectivity index (χ1v) is 5.61. The van der Waals surface area contributed by atoms with Crippen LogP contribution in [0.25, 0.3) is 0 Å². The third-order valence-electron chi connectivity index (χ3n) is 2.91. The number of nitrogen functional groups attached to an aromatic ring is 1. The molecule has 2 unspecified atom stereocenters. The minimum Gasteiger partial charge on any atom is -0.398 e. The number of pyridine rings is 1. The van der Waals surface area contributed by atoms with E-state index in [0.717, 1.165) is 24.1 Å². The van der Waals surface area contributed by atoms with Crippen molar-refractivity contribution in [1.82, 2.24) is 10.3 Å². The highest BCUT2D eigenvalue weighted by molar-refractivity contribution is 5.44. The molecule has 0 amide bonds. The van der Waals surface area contributed by atoms with E-state index in [1.165, 1.54) is 0 Å². The number of nitrogens with zero attached hydrogens (tertiary/aromatic N) is 1. The number of likely N-dealkylation sites (N-methyl/N-ethyl adjacent to an activating group) is 1. The molecule has 1 heterocycles. The van der Waals surface area contributed by atoms with Crippen molar-refractivity contribution < 1.29 is 4.74 Å². The monoisotopic (exact) mass is 223 g/mol. The Morgan fingerprint density at radius 2 is 2.31 bits per heavy atom. The van der Waals surface area contributed by atoms with E-state index in [-0.39, 0.29) is 12.1 Å². The fraction of sp³-hybridized carbons (Fsp3) is 0.583. The smallest absolute Gasteiger partial charge is 0.0724 e. The van der Waals surface area contributed by atoms with Crippen LogP contribution in [0.3, 0.4) is 0 Å². The minimum absolute atomic E-state index is 0.199. The fourth-order valence-corrected chi connectivity index (χ4v) is 1.88. The second kappa shape index (κ2) is 6.45. The molecule has 0 saturated heterocycles. The summed E-state index contributed by atoms with van der Waals surface area (Å²) in [5, 5.41) is 3.27. The van der Waals surface area contributed by atoms with Gasteiger partial charge in [0.25, 0.3) is 0 Å². The molecule has 0 radical (unpaired) electrons. The van der Waals surface area contributed by atoms with Crippen molar-refractivity contribution in [1.29, 1.82) is 0 Å². The number of hydrogen-bond acceptors (Lipinski definition) is 4.